The molecule has 10 heteroatoms. The number of aliphatic carboxylic acids is 1. The molecule has 190 valence electrons. The molecule has 7 nitrogen and oxygen atoms in total. The zero-order valence-corrected chi connectivity index (χ0v) is 22.1. The molecule has 2 aromatic carbocycles. The van der Waals surface area contributed by atoms with Gasteiger partial charge in [0.2, 0.25) is 0 Å². The summed E-state index contributed by atoms with van der Waals surface area (Å²) in [5, 5.41) is 9.79. The Morgan fingerprint density at radius 3 is 2.29 bits per heavy atom. The van der Waals surface area contributed by atoms with Crippen LogP contribution in [-0.4, -0.2) is 53.4 Å². The molecule has 4 atom stereocenters. The van der Waals surface area contributed by atoms with Crippen LogP contribution in [0, 0.1) is 0 Å². The van der Waals surface area contributed by atoms with E-state index in [2.05, 4.69) is 0 Å². The minimum atomic E-state index is -3.52. The largest absolute Gasteiger partial charge is 0.481 e. The number of hydrogen-bond donors (Lipinski definition) is 1. The van der Waals surface area contributed by atoms with Gasteiger partial charge >= 0.3 is 5.97 Å². The van der Waals surface area contributed by atoms with Gasteiger partial charge in [0.25, 0.3) is 5.91 Å². The van der Waals surface area contributed by atoms with Crippen molar-refractivity contribution in [3.05, 3.63) is 69.7 Å². The van der Waals surface area contributed by atoms with E-state index in [1.807, 2.05) is 6.92 Å². The highest BCUT2D eigenvalue weighted by Gasteiger charge is 2.47. The Bertz CT molecular complexity index is 1170. The van der Waals surface area contributed by atoms with Crippen molar-refractivity contribution < 1.29 is 27.9 Å². The summed E-state index contributed by atoms with van der Waals surface area (Å²) in [6.45, 7) is 5.01. The first-order valence-corrected chi connectivity index (χ1v) is 13.8. The third-order valence-electron chi connectivity index (χ3n) is 6.18. The molecule has 2 aromatic rings. The number of hydrogen-bond acceptors (Lipinski definition) is 5. The van der Waals surface area contributed by atoms with Crippen molar-refractivity contribution in [2.45, 2.75) is 63.2 Å². The number of carbonyl (C=O) groups is 2. The molecule has 1 heterocycles. The van der Waals surface area contributed by atoms with Gasteiger partial charge in [0.1, 0.15) is 12.2 Å². The Labute approximate surface area is 215 Å². The lowest BCUT2D eigenvalue weighted by Crippen LogP contribution is -2.56. The molecule has 1 aliphatic rings. The smallest absolute Gasteiger partial charge is 0.306 e. The third-order valence-corrected chi connectivity index (χ3v) is 8.96. The Morgan fingerprint density at radius 1 is 1.09 bits per heavy atom. The molecule has 0 bridgehead atoms. The van der Waals surface area contributed by atoms with Gasteiger partial charge in [-0.3, -0.25) is 9.59 Å². The first-order valence-electron chi connectivity index (χ1n) is 11.4. The molecule has 1 N–H and O–H groups in total. The van der Waals surface area contributed by atoms with Crippen LogP contribution in [0.25, 0.3) is 0 Å². The second-order valence-electron chi connectivity index (χ2n) is 8.88. The maximum Gasteiger partial charge on any atom is 0.306 e. The predicted molar refractivity (Wildman–Crippen MR) is 135 cm³/mol. The molecule has 3 rings (SSSR count). The van der Waals surface area contributed by atoms with Gasteiger partial charge < -0.3 is 14.7 Å². The van der Waals surface area contributed by atoms with Crippen molar-refractivity contribution >= 4 is 44.9 Å². The minimum Gasteiger partial charge on any atom is -0.481 e. The number of benzene rings is 2. The number of sulfone groups is 1. The van der Waals surface area contributed by atoms with Crippen LogP contribution in [0.4, 0.5) is 0 Å². The first-order chi connectivity index (χ1) is 16.4. The van der Waals surface area contributed by atoms with Crippen molar-refractivity contribution in [2.24, 2.45) is 0 Å². The number of rotatable bonds is 9. The van der Waals surface area contributed by atoms with E-state index in [-0.39, 0.29) is 5.75 Å². The van der Waals surface area contributed by atoms with Gasteiger partial charge in [0, 0.05) is 16.1 Å². The summed E-state index contributed by atoms with van der Waals surface area (Å²) < 4.78 is 31.9. The van der Waals surface area contributed by atoms with Crippen LogP contribution in [0.5, 0.6) is 0 Å². The second-order valence-corrected chi connectivity index (χ2v) is 12.4. The lowest BCUT2D eigenvalue weighted by Gasteiger charge is -2.48. The molecule has 0 radical (unpaired) electrons. The van der Waals surface area contributed by atoms with Crippen LogP contribution in [0.15, 0.2) is 48.5 Å². The summed E-state index contributed by atoms with van der Waals surface area (Å²) >= 11 is 12.4. The number of ether oxygens (including phenoxy) is 1. The Hall–Kier alpha value is -2.13. The van der Waals surface area contributed by atoms with E-state index in [0.29, 0.717) is 27.6 Å². The van der Waals surface area contributed by atoms with Crippen molar-refractivity contribution in [3.8, 4) is 0 Å². The summed E-state index contributed by atoms with van der Waals surface area (Å²) in [6, 6.07) is 12.4. The monoisotopic (exact) mass is 541 g/mol. The molecule has 1 unspecified atom stereocenters. The lowest BCUT2D eigenvalue weighted by atomic mass is 9.89. The van der Waals surface area contributed by atoms with Crippen LogP contribution in [-0.2, 0) is 24.2 Å². The third kappa shape index (κ3) is 6.36. The SMILES string of the molecule is CC[C@@H](CS(=O)(=O)C(C)C)N1C(=O)[C@H](CC(=O)O)OC(c2cccc(Cl)c2)[C@H]1c1ccc(Cl)cc1. The Morgan fingerprint density at radius 2 is 1.74 bits per heavy atom. The number of carboxylic acid groups (broad SMARTS) is 1. The average Bonchev–Trinajstić information content (AvgIpc) is 2.79. The van der Waals surface area contributed by atoms with Crippen molar-refractivity contribution in [3.63, 3.8) is 0 Å². The predicted octanol–water partition coefficient (Wildman–Crippen LogP) is 5.08. The highest BCUT2D eigenvalue weighted by molar-refractivity contribution is 7.92. The summed E-state index contributed by atoms with van der Waals surface area (Å²) in [7, 11) is -3.52. The van der Waals surface area contributed by atoms with Gasteiger partial charge in [-0.2, -0.15) is 0 Å². The van der Waals surface area contributed by atoms with E-state index in [0.717, 1.165) is 0 Å². The lowest BCUT2D eigenvalue weighted by molar-refractivity contribution is -0.182. The average molecular weight is 542 g/mol. The van der Waals surface area contributed by atoms with Gasteiger partial charge in [-0.05, 0) is 55.7 Å². The zero-order chi connectivity index (χ0) is 25.9. The maximum atomic E-state index is 13.7. The van der Waals surface area contributed by atoms with Gasteiger partial charge in [0.05, 0.1) is 23.5 Å². The van der Waals surface area contributed by atoms with E-state index in [1.165, 1.54) is 4.90 Å². The molecule has 35 heavy (non-hydrogen) atoms. The van der Waals surface area contributed by atoms with Crippen molar-refractivity contribution in [1.82, 2.24) is 4.90 Å². The highest BCUT2D eigenvalue weighted by Crippen LogP contribution is 2.44. The summed E-state index contributed by atoms with van der Waals surface area (Å²) in [4.78, 5) is 26.8. The number of halogens is 2. The fraction of sp³-hybridized carbons (Fsp3) is 0.440. The molecule has 0 spiro atoms. The van der Waals surface area contributed by atoms with Crippen molar-refractivity contribution in [2.75, 3.05) is 5.75 Å². The molecule has 1 saturated heterocycles. The number of nitrogens with zero attached hydrogens (tertiary/aromatic N) is 1. The molecule has 1 fully saturated rings. The molecule has 0 saturated carbocycles. The van der Waals surface area contributed by atoms with E-state index >= 15 is 0 Å². The van der Waals surface area contributed by atoms with Gasteiger partial charge in [-0.1, -0.05) is 54.4 Å². The standard InChI is InChI=1S/C25H29Cl2NO6S/c1-4-20(14-35(32,33)15(2)3)28-23(16-8-10-18(26)11-9-16)24(17-6-5-7-19(27)12-17)34-21(25(28)31)13-22(29)30/h5-12,15,20-21,23-24H,4,13-14H2,1-3H3,(H,29,30)/t20-,21-,23+,24?/m0/s1. The second kappa shape index (κ2) is 11.3. The topological polar surface area (TPSA) is 101 Å². The maximum absolute atomic E-state index is 13.7. The van der Waals surface area contributed by atoms with Crippen LogP contribution in [0.2, 0.25) is 10.0 Å². The minimum absolute atomic E-state index is 0.251. The van der Waals surface area contributed by atoms with Crippen LogP contribution >= 0.6 is 23.2 Å². The zero-order valence-electron chi connectivity index (χ0n) is 19.7. The number of carboxylic acids is 1. The summed E-state index contributed by atoms with van der Waals surface area (Å²) in [5.74, 6) is -2.00. The molecular weight excluding hydrogens is 513 g/mol. The summed E-state index contributed by atoms with van der Waals surface area (Å²) in [5.41, 5.74) is 1.33. The molecular formula is C25H29Cl2NO6S. The molecule has 0 aliphatic carbocycles. The van der Waals surface area contributed by atoms with E-state index in [9.17, 15) is 23.1 Å². The number of amides is 1. The van der Waals surface area contributed by atoms with E-state index < -0.39 is 57.7 Å². The highest BCUT2D eigenvalue weighted by atomic mass is 35.5. The quantitative estimate of drug-likeness (QED) is 0.475. The summed E-state index contributed by atoms with van der Waals surface area (Å²) in [6.07, 6.45) is -2.26. The fourth-order valence-electron chi connectivity index (χ4n) is 4.26. The van der Waals surface area contributed by atoms with Crippen LogP contribution < -0.4 is 0 Å². The normalized spacial score (nSPS) is 21.8. The van der Waals surface area contributed by atoms with E-state index in [1.54, 1.807) is 62.4 Å². The molecule has 1 amide bonds. The van der Waals surface area contributed by atoms with E-state index in [4.69, 9.17) is 27.9 Å². The number of morpholine rings is 1. The Balaban J connectivity index is 2.21. The van der Waals surface area contributed by atoms with Gasteiger partial charge in [-0.15, -0.1) is 0 Å². The fourth-order valence-corrected chi connectivity index (χ4v) is 5.90. The molecule has 0 aromatic heterocycles. The Kier molecular flexibility index (Phi) is 8.86. The van der Waals surface area contributed by atoms with Gasteiger partial charge in [-0.25, -0.2) is 8.42 Å². The van der Waals surface area contributed by atoms with Gasteiger partial charge in [0.15, 0.2) is 9.84 Å². The van der Waals surface area contributed by atoms with Crippen molar-refractivity contribution in [1.29, 1.82) is 0 Å². The number of carbonyl (C=O) groups excluding carboxylic acids is 1. The van der Waals surface area contributed by atoms with Crippen LogP contribution in [0.3, 0.4) is 0 Å². The molecule has 1 aliphatic heterocycles. The first kappa shape index (κ1) is 27.5. The van der Waals surface area contributed by atoms with Crippen LogP contribution in [0.1, 0.15) is 56.9 Å².